The van der Waals surface area contributed by atoms with Gasteiger partial charge in [-0.05, 0) is 44.7 Å². The fraction of sp³-hybridized carbons (Fsp3) is 0.389. The van der Waals surface area contributed by atoms with E-state index in [4.69, 9.17) is 11.6 Å². The average Bonchev–Trinajstić information content (AvgIpc) is 2.60. The molecule has 25 heavy (non-hydrogen) atoms. The van der Waals surface area contributed by atoms with E-state index in [-0.39, 0.29) is 11.5 Å². The lowest BCUT2D eigenvalue weighted by atomic mass is 10.0. The number of carbonyl (C=O) groups excluding carboxylic acids is 1. The summed E-state index contributed by atoms with van der Waals surface area (Å²) in [5.74, 6) is 0.361. The SMILES string of the molecule is Cc1nc(N2CCCCC2)c(C(=O)Nc2cc[nH]c(=O)c2)c(C)c1Cl. The van der Waals surface area contributed by atoms with Gasteiger partial charge in [0.1, 0.15) is 5.82 Å². The Labute approximate surface area is 151 Å². The molecule has 1 aliphatic rings. The van der Waals surface area contributed by atoms with Gasteiger partial charge in [0.25, 0.3) is 5.91 Å². The van der Waals surface area contributed by atoms with E-state index in [0.29, 0.717) is 33.3 Å². The van der Waals surface area contributed by atoms with Crippen LogP contribution in [-0.4, -0.2) is 29.0 Å². The van der Waals surface area contributed by atoms with Crippen LogP contribution in [0.25, 0.3) is 0 Å². The molecule has 0 atom stereocenters. The quantitative estimate of drug-likeness (QED) is 0.880. The molecule has 0 aliphatic carbocycles. The van der Waals surface area contributed by atoms with E-state index in [1.54, 1.807) is 6.07 Å². The Balaban J connectivity index is 2.02. The summed E-state index contributed by atoms with van der Waals surface area (Å²) in [6, 6.07) is 2.98. The number of pyridine rings is 2. The van der Waals surface area contributed by atoms with E-state index < -0.39 is 0 Å². The molecular weight excluding hydrogens is 340 g/mol. The number of hydrogen-bond acceptors (Lipinski definition) is 4. The van der Waals surface area contributed by atoms with Crippen molar-refractivity contribution in [3.8, 4) is 0 Å². The molecule has 2 N–H and O–H groups in total. The number of halogens is 1. The Kier molecular flexibility index (Phi) is 5.08. The topological polar surface area (TPSA) is 78.1 Å². The molecule has 3 rings (SSSR count). The summed E-state index contributed by atoms with van der Waals surface area (Å²) in [7, 11) is 0. The molecule has 0 bridgehead atoms. The minimum Gasteiger partial charge on any atom is -0.356 e. The summed E-state index contributed by atoms with van der Waals surface area (Å²) in [6.45, 7) is 5.43. The lowest BCUT2D eigenvalue weighted by molar-refractivity contribution is 0.102. The molecule has 132 valence electrons. The van der Waals surface area contributed by atoms with Crippen molar-refractivity contribution in [1.29, 1.82) is 0 Å². The Morgan fingerprint density at radius 1 is 1.28 bits per heavy atom. The number of carbonyl (C=O) groups is 1. The molecule has 0 radical (unpaired) electrons. The highest BCUT2D eigenvalue weighted by molar-refractivity contribution is 6.32. The average molecular weight is 361 g/mol. The molecule has 2 aromatic heterocycles. The lowest BCUT2D eigenvalue weighted by Gasteiger charge is -2.30. The first-order chi connectivity index (χ1) is 12.0. The van der Waals surface area contributed by atoms with Crippen LogP contribution in [0.15, 0.2) is 23.1 Å². The number of aromatic amines is 1. The zero-order valence-electron chi connectivity index (χ0n) is 14.4. The number of nitrogens with one attached hydrogen (secondary N) is 2. The van der Waals surface area contributed by atoms with Crippen molar-refractivity contribution in [3.05, 3.63) is 50.5 Å². The summed E-state index contributed by atoms with van der Waals surface area (Å²) in [6.07, 6.45) is 4.85. The number of piperidine rings is 1. The van der Waals surface area contributed by atoms with Crippen molar-refractivity contribution >= 4 is 29.0 Å². The number of anilines is 2. The van der Waals surface area contributed by atoms with Crippen molar-refractivity contribution < 1.29 is 4.79 Å². The first-order valence-electron chi connectivity index (χ1n) is 8.39. The van der Waals surface area contributed by atoms with Gasteiger partial charge in [-0.3, -0.25) is 9.59 Å². The third-order valence-electron chi connectivity index (χ3n) is 4.43. The maximum absolute atomic E-state index is 12.9. The molecule has 1 saturated heterocycles. The van der Waals surface area contributed by atoms with Crippen LogP contribution in [0, 0.1) is 13.8 Å². The second-order valence-corrected chi connectivity index (χ2v) is 6.66. The Hall–Kier alpha value is -2.34. The van der Waals surface area contributed by atoms with Crippen LogP contribution in [0.5, 0.6) is 0 Å². The Morgan fingerprint density at radius 3 is 2.68 bits per heavy atom. The van der Waals surface area contributed by atoms with Gasteiger partial charge in [0.05, 0.1) is 16.3 Å². The summed E-state index contributed by atoms with van der Waals surface area (Å²) in [5, 5.41) is 3.28. The van der Waals surface area contributed by atoms with Gasteiger partial charge in [0.2, 0.25) is 5.56 Å². The Morgan fingerprint density at radius 2 is 2.00 bits per heavy atom. The lowest BCUT2D eigenvalue weighted by Crippen LogP contribution is -2.33. The minimum atomic E-state index is -0.307. The molecule has 1 aliphatic heterocycles. The van der Waals surface area contributed by atoms with Crippen LogP contribution in [-0.2, 0) is 0 Å². The molecule has 0 aromatic carbocycles. The number of nitrogens with zero attached hydrogens (tertiary/aromatic N) is 2. The van der Waals surface area contributed by atoms with E-state index in [1.165, 1.54) is 18.7 Å². The highest BCUT2D eigenvalue weighted by atomic mass is 35.5. The Bertz CT molecular complexity index is 857. The molecule has 7 heteroatoms. The van der Waals surface area contributed by atoms with Gasteiger partial charge in [-0.1, -0.05) is 11.6 Å². The minimum absolute atomic E-state index is 0.272. The maximum atomic E-state index is 12.9. The first-order valence-corrected chi connectivity index (χ1v) is 8.77. The molecule has 3 heterocycles. The zero-order chi connectivity index (χ0) is 18.0. The summed E-state index contributed by atoms with van der Waals surface area (Å²) in [4.78, 5) is 33.6. The predicted molar refractivity (Wildman–Crippen MR) is 99.8 cm³/mol. The van der Waals surface area contributed by atoms with Crippen LogP contribution in [0.2, 0.25) is 5.02 Å². The molecule has 2 aromatic rings. The summed E-state index contributed by atoms with van der Waals surface area (Å²) >= 11 is 6.35. The molecular formula is C18H21ClN4O2. The van der Waals surface area contributed by atoms with Crippen LogP contribution in [0.3, 0.4) is 0 Å². The van der Waals surface area contributed by atoms with E-state index in [9.17, 15) is 9.59 Å². The van der Waals surface area contributed by atoms with Crippen molar-refractivity contribution in [2.24, 2.45) is 0 Å². The van der Waals surface area contributed by atoms with Crippen LogP contribution in [0.1, 0.15) is 40.9 Å². The van der Waals surface area contributed by atoms with Gasteiger partial charge in [0.15, 0.2) is 0 Å². The fourth-order valence-electron chi connectivity index (χ4n) is 3.13. The zero-order valence-corrected chi connectivity index (χ0v) is 15.1. The van der Waals surface area contributed by atoms with Crippen LogP contribution < -0.4 is 15.8 Å². The largest absolute Gasteiger partial charge is 0.356 e. The summed E-state index contributed by atoms with van der Waals surface area (Å²) in [5.41, 5.74) is 2.06. The second-order valence-electron chi connectivity index (χ2n) is 6.28. The molecule has 1 amide bonds. The third-order valence-corrected chi connectivity index (χ3v) is 4.99. The number of aromatic nitrogens is 2. The number of hydrogen-bond donors (Lipinski definition) is 2. The first kappa shape index (κ1) is 17.5. The number of amides is 1. The van der Waals surface area contributed by atoms with Crippen LogP contribution >= 0.6 is 11.6 Å². The smallest absolute Gasteiger partial charge is 0.259 e. The van der Waals surface area contributed by atoms with Crippen molar-refractivity contribution in [2.45, 2.75) is 33.1 Å². The molecule has 1 fully saturated rings. The van der Waals surface area contributed by atoms with Gasteiger partial charge in [-0.25, -0.2) is 4.98 Å². The standard InChI is InChI=1S/C18H21ClN4O2/c1-11-15(18(25)22-13-6-7-20-14(24)10-13)17(21-12(2)16(11)19)23-8-4-3-5-9-23/h6-7,10H,3-5,8-9H2,1-2H3,(H2,20,22,24,25). The van der Waals surface area contributed by atoms with Crippen molar-refractivity contribution in [2.75, 3.05) is 23.3 Å². The molecule has 0 unspecified atom stereocenters. The normalized spacial score (nSPS) is 14.4. The highest BCUT2D eigenvalue weighted by Crippen LogP contribution is 2.31. The molecule has 0 spiro atoms. The molecule has 0 saturated carbocycles. The third kappa shape index (κ3) is 3.69. The van der Waals surface area contributed by atoms with Gasteiger partial charge in [0, 0.05) is 31.0 Å². The predicted octanol–water partition coefficient (Wildman–Crippen LogP) is 3.28. The highest BCUT2D eigenvalue weighted by Gasteiger charge is 2.25. The van der Waals surface area contributed by atoms with Gasteiger partial charge < -0.3 is 15.2 Å². The second kappa shape index (κ2) is 7.27. The van der Waals surface area contributed by atoms with Gasteiger partial charge in [-0.15, -0.1) is 0 Å². The van der Waals surface area contributed by atoms with E-state index in [1.807, 2.05) is 13.8 Å². The van der Waals surface area contributed by atoms with E-state index in [2.05, 4.69) is 20.2 Å². The monoisotopic (exact) mass is 360 g/mol. The van der Waals surface area contributed by atoms with Gasteiger partial charge in [-0.2, -0.15) is 0 Å². The van der Waals surface area contributed by atoms with Crippen molar-refractivity contribution in [3.63, 3.8) is 0 Å². The number of rotatable bonds is 3. The summed E-state index contributed by atoms with van der Waals surface area (Å²) < 4.78 is 0. The number of aryl methyl sites for hydroxylation is 1. The van der Waals surface area contributed by atoms with E-state index >= 15 is 0 Å². The van der Waals surface area contributed by atoms with Crippen molar-refractivity contribution in [1.82, 2.24) is 9.97 Å². The van der Waals surface area contributed by atoms with Gasteiger partial charge >= 0.3 is 0 Å². The van der Waals surface area contributed by atoms with E-state index in [0.717, 1.165) is 25.9 Å². The fourth-order valence-corrected chi connectivity index (χ4v) is 3.27. The number of H-pyrrole nitrogens is 1. The molecule has 6 nitrogen and oxygen atoms in total. The van der Waals surface area contributed by atoms with Crippen LogP contribution in [0.4, 0.5) is 11.5 Å². The maximum Gasteiger partial charge on any atom is 0.259 e.